The number of piperidine rings is 1. The van der Waals surface area contributed by atoms with E-state index in [1.54, 1.807) is 41.5 Å². The van der Waals surface area contributed by atoms with Gasteiger partial charge < -0.3 is 24.7 Å². The summed E-state index contributed by atoms with van der Waals surface area (Å²) in [6.07, 6.45) is 3.58. The van der Waals surface area contributed by atoms with Crippen LogP contribution in [0.1, 0.15) is 54.4 Å². The Kier molecular flexibility index (Phi) is 6.53. The number of nitrogens with one attached hydrogen (secondary N) is 2. The van der Waals surface area contributed by atoms with Gasteiger partial charge in [0, 0.05) is 19.1 Å². The van der Waals surface area contributed by atoms with Crippen molar-refractivity contribution >= 4 is 34.5 Å². The smallest absolute Gasteiger partial charge is 0.407 e. The Balaban J connectivity index is 1.99. The predicted octanol–water partition coefficient (Wildman–Crippen LogP) is 3.92. The number of hydrogen-bond acceptors (Lipinski definition) is 8. The summed E-state index contributed by atoms with van der Waals surface area (Å²) in [4.78, 5) is 45.0. The molecule has 11 heteroatoms. The zero-order chi connectivity index (χ0) is 24.6. The summed E-state index contributed by atoms with van der Waals surface area (Å²) in [7, 11) is 0. The molecule has 1 aliphatic rings. The van der Waals surface area contributed by atoms with Crippen LogP contribution in [0.2, 0.25) is 0 Å². The Labute approximate surface area is 192 Å². The average Bonchev–Trinajstić information content (AvgIpc) is 3.10. The molecule has 33 heavy (non-hydrogen) atoms. The van der Waals surface area contributed by atoms with Gasteiger partial charge in [0.1, 0.15) is 22.3 Å². The molecule has 1 amide bonds. The summed E-state index contributed by atoms with van der Waals surface area (Å²) >= 11 is 0. The van der Waals surface area contributed by atoms with Gasteiger partial charge in [-0.1, -0.05) is 0 Å². The van der Waals surface area contributed by atoms with Crippen molar-refractivity contribution in [3.63, 3.8) is 0 Å². The van der Waals surface area contributed by atoms with E-state index < -0.39 is 28.0 Å². The largest absolute Gasteiger partial charge is 0.444 e. The highest BCUT2D eigenvalue weighted by molar-refractivity contribution is 6.01. The molecule has 1 atom stereocenters. The lowest BCUT2D eigenvalue weighted by molar-refractivity contribution is -0.383. The number of fused-ring (bicyclic) bond motifs is 1. The van der Waals surface area contributed by atoms with Crippen LogP contribution in [-0.4, -0.2) is 51.7 Å². The molecular formula is C22H31N5O6. The lowest BCUT2D eigenvalue weighted by Gasteiger charge is -2.36. The average molecular weight is 462 g/mol. The van der Waals surface area contributed by atoms with Gasteiger partial charge in [-0.15, -0.1) is 0 Å². The van der Waals surface area contributed by atoms with Crippen LogP contribution in [0, 0.1) is 15.5 Å². The van der Waals surface area contributed by atoms with Crippen LogP contribution >= 0.6 is 0 Å². The van der Waals surface area contributed by atoms with Crippen molar-refractivity contribution in [2.45, 2.75) is 66.0 Å². The number of amides is 1. The third-order valence-corrected chi connectivity index (χ3v) is 5.09. The number of carbonyl (C=O) groups excluding carboxylic acids is 2. The minimum absolute atomic E-state index is 0.142. The number of esters is 1. The topological polar surface area (TPSA) is 140 Å². The molecule has 1 aliphatic heterocycles. The number of H-pyrrole nitrogens is 1. The monoisotopic (exact) mass is 461 g/mol. The SMILES string of the molecule is CC(C)(C)OC(=O)NC1CCCN(c2c(OC(=O)C(C)(C)C)cnc3[nH]cc([N+](=O)[O-])c23)C1. The van der Waals surface area contributed by atoms with Gasteiger partial charge >= 0.3 is 12.1 Å². The Hall–Kier alpha value is -3.37. The number of alkyl carbamates (subject to hydrolysis) is 1. The molecule has 2 aromatic rings. The second-order valence-corrected chi connectivity index (χ2v) is 10.2. The highest BCUT2D eigenvalue weighted by Gasteiger charge is 2.32. The molecule has 1 saturated heterocycles. The lowest BCUT2D eigenvalue weighted by atomic mass is 9.97. The third-order valence-electron chi connectivity index (χ3n) is 5.09. The minimum atomic E-state index is -0.779. The number of aromatic nitrogens is 2. The van der Waals surface area contributed by atoms with Gasteiger partial charge in [-0.2, -0.15) is 0 Å². The van der Waals surface area contributed by atoms with Crippen molar-refractivity contribution in [1.82, 2.24) is 15.3 Å². The van der Waals surface area contributed by atoms with E-state index in [2.05, 4.69) is 15.3 Å². The molecule has 0 radical (unpaired) electrons. The fourth-order valence-electron chi connectivity index (χ4n) is 3.60. The van der Waals surface area contributed by atoms with Gasteiger partial charge in [0.15, 0.2) is 5.75 Å². The predicted molar refractivity (Wildman–Crippen MR) is 122 cm³/mol. The standard InChI is InChI=1S/C22H31N5O6/c1-21(2,3)19(28)32-15-11-24-18-16(14(10-23-18)27(30)31)17(15)26-9-7-8-13(12-26)25-20(29)33-22(4,5)6/h10-11,13H,7-9,12H2,1-6H3,(H,23,24)(H,25,29). The minimum Gasteiger partial charge on any atom is -0.444 e. The van der Waals surface area contributed by atoms with Crippen molar-refractivity contribution in [2.75, 3.05) is 18.0 Å². The number of anilines is 1. The Morgan fingerprint density at radius 3 is 2.58 bits per heavy atom. The second kappa shape index (κ2) is 8.87. The summed E-state index contributed by atoms with van der Waals surface area (Å²) in [6.45, 7) is 11.5. The van der Waals surface area contributed by atoms with Crippen LogP contribution in [-0.2, 0) is 9.53 Å². The quantitative estimate of drug-likeness (QED) is 0.397. The Morgan fingerprint density at radius 2 is 1.97 bits per heavy atom. The molecule has 0 saturated carbocycles. The molecule has 2 aromatic heterocycles. The molecule has 0 aromatic carbocycles. The maximum atomic E-state index is 12.6. The van der Waals surface area contributed by atoms with Crippen LogP contribution in [0.25, 0.3) is 11.0 Å². The molecular weight excluding hydrogens is 430 g/mol. The summed E-state index contributed by atoms with van der Waals surface area (Å²) < 4.78 is 11.0. The molecule has 3 rings (SSSR count). The molecule has 3 heterocycles. The molecule has 1 fully saturated rings. The van der Waals surface area contributed by atoms with E-state index in [1.165, 1.54) is 12.4 Å². The van der Waals surface area contributed by atoms with Gasteiger partial charge in [-0.3, -0.25) is 14.9 Å². The van der Waals surface area contributed by atoms with Crippen molar-refractivity contribution in [3.8, 4) is 5.75 Å². The number of aromatic amines is 1. The van der Waals surface area contributed by atoms with Gasteiger partial charge in [0.05, 0.1) is 22.7 Å². The first-order valence-corrected chi connectivity index (χ1v) is 10.9. The van der Waals surface area contributed by atoms with Crippen LogP contribution in [0.5, 0.6) is 5.75 Å². The van der Waals surface area contributed by atoms with Crippen molar-refractivity contribution in [3.05, 3.63) is 22.5 Å². The van der Waals surface area contributed by atoms with Gasteiger partial charge in [-0.05, 0) is 54.4 Å². The number of nitro groups is 1. The first kappa shape index (κ1) is 24.3. The summed E-state index contributed by atoms with van der Waals surface area (Å²) in [5, 5.41) is 14.8. The van der Waals surface area contributed by atoms with Crippen molar-refractivity contribution in [1.29, 1.82) is 0 Å². The number of ether oxygens (including phenoxy) is 2. The van der Waals surface area contributed by atoms with E-state index in [0.29, 0.717) is 24.4 Å². The van der Waals surface area contributed by atoms with E-state index in [9.17, 15) is 19.7 Å². The van der Waals surface area contributed by atoms with Crippen LogP contribution in [0.4, 0.5) is 16.2 Å². The van der Waals surface area contributed by atoms with Crippen molar-refractivity contribution < 1.29 is 24.0 Å². The number of nitrogens with zero attached hydrogens (tertiary/aromatic N) is 3. The Bertz CT molecular complexity index is 1070. The molecule has 0 bridgehead atoms. The van der Waals surface area contributed by atoms with Gasteiger partial charge in [-0.25, -0.2) is 9.78 Å². The number of pyridine rings is 1. The number of hydrogen-bond donors (Lipinski definition) is 2. The molecule has 1 unspecified atom stereocenters. The summed E-state index contributed by atoms with van der Waals surface area (Å²) in [5.41, 5.74) is -0.853. The molecule has 2 N–H and O–H groups in total. The first-order chi connectivity index (χ1) is 15.3. The van der Waals surface area contributed by atoms with E-state index in [-0.39, 0.29) is 22.9 Å². The first-order valence-electron chi connectivity index (χ1n) is 10.9. The zero-order valence-electron chi connectivity index (χ0n) is 19.9. The van der Waals surface area contributed by atoms with Gasteiger partial charge in [0.2, 0.25) is 0 Å². The van der Waals surface area contributed by atoms with Gasteiger partial charge in [0.25, 0.3) is 5.69 Å². The van der Waals surface area contributed by atoms with Crippen LogP contribution < -0.4 is 15.0 Å². The molecule has 180 valence electrons. The Morgan fingerprint density at radius 1 is 1.27 bits per heavy atom. The van der Waals surface area contributed by atoms with Crippen LogP contribution in [0.15, 0.2) is 12.4 Å². The van der Waals surface area contributed by atoms with Crippen LogP contribution in [0.3, 0.4) is 0 Å². The number of rotatable bonds is 4. The molecule has 0 aliphatic carbocycles. The second-order valence-electron chi connectivity index (χ2n) is 10.2. The van der Waals surface area contributed by atoms with E-state index >= 15 is 0 Å². The molecule has 11 nitrogen and oxygen atoms in total. The summed E-state index contributed by atoms with van der Waals surface area (Å²) in [6, 6.07) is -0.249. The van der Waals surface area contributed by atoms with E-state index in [4.69, 9.17) is 9.47 Å². The zero-order valence-corrected chi connectivity index (χ0v) is 19.9. The fourth-order valence-corrected chi connectivity index (χ4v) is 3.60. The van der Waals surface area contributed by atoms with E-state index in [1.807, 2.05) is 4.90 Å². The lowest BCUT2D eigenvalue weighted by Crippen LogP contribution is -2.49. The molecule has 0 spiro atoms. The maximum Gasteiger partial charge on any atom is 0.407 e. The number of carbonyl (C=O) groups is 2. The van der Waals surface area contributed by atoms with E-state index in [0.717, 1.165) is 12.8 Å². The van der Waals surface area contributed by atoms with Crippen molar-refractivity contribution in [2.24, 2.45) is 5.41 Å². The summed E-state index contributed by atoms with van der Waals surface area (Å²) in [5.74, 6) is -0.341. The highest BCUT2D eigenvalue weighted by atomic mass is 16.6. The maximum absolute atomic E-state index is 12.6. The normalized spacial score (nSPS) is 17.0. The highest BCUT2D eigenvalue weighted by Crippen LogP contribution is 2.41. The third kappa shape index (κ3) is 5.71. The fraction of sp³-hybridized carbons (Fsp3) is 0.591.